The first-order chi connectivity index (χ1) is 10.2. The third-order valence-electron chi connectivity index (χ3n) is 3.14. The summed E-state index contributed by atoms with van der Waals surface area (Å²) in [5.74, 6) is 0.819. The molecule has 6 heteroatoms. The SMILES string of the molecule is Cn1ccnc1CNc1ccc(C(=O)NCCCO)cc1. The number of imidazole rings is 1. The zero-order chi connectivity index (χ0) is 15.1. The van der Waals surface area contributed by atoms with E-state index in [0.717, 1.165) is 11.5 Å². The van der Waals surface area contributed by atoms with Crippen molar-refractivity contribution in [2.75, 3.05) is 18.5 Å². The Labute approximate surface area is 123 Å². The Morgan fingerprint density at radius 3 is 2.71 bits per heavy atom. The first-order valence-corrected chi connectivity index (χ1v) is 6.90. The molecule has 0 spiro atoms. The van der Waals surface area contributed by atoms with E-state index in [1.165, 1.54) is 0 Å². The molecule has 0 atom stereocenters. The van der Waals surface area contributed by atoms with Gasteiger partial charge in [0.15, 0.2) is 0 Å². The van der Waals surface area contributed by atoms with Crippen molar-refractivity contribution in [3.8, 4) is 0 Å². The third kappa shape index (κ3) is 4.32. The summed E-state index contributed by atoms with van der Waals surface area (Å²) in [5, 5.41) is 14.7. The number of aryl methyl sites for hydroxylation is 1. The van der Waals surface area contributed by atoms with E-state index in [1.807, 2.05) is 29.9 Å². The first-order valence-electron chi connectivity index (χ1n) is 6.90. The van der Waals surface area contributed by atoms with Crippen LogP contribution in [0.2, 0.25) is 0 Å². The number of hydrogen-bond acceptors (Lipinski definition) is 4. The van der Waals surface area contributed by atoms with Crippen molar-refractivity contribution < 1.29 is 9.90 Å². The smallest absolute Gasteiger partial charge is 0.251 e. The van der Waals surface area contributed by atoms with E-state index in [0.29, 0.717) is 25.1 Å². The molecule has 6 nitrogen and oxygen atoms in total. The second kappa shape index (κ2) is 7.44. The first kappa shape index (κ1) is 15.1. The highest BCUT2D eigenvalue weighted by Gasteiger charge is 2.04. The van der Waals surface area contributed by atoms with E-state index in [2.05, 4.69) is 15.6 Å². The normalized spacial score (nSPS) is 10.4. The molecule has 1 amide bonds. The average molecular weight is 288 g/mol. The third-order valence-corrected chi connectivity index (χ3v) is 3.14. The van der Waals surface area contributed by atoms with Crippen molar-refractivity contribution in [1.82, 2.24) is 14.9 Å². The number of nitrogens with zero attached hydrogens (tertiary/aromatic N) is 2. The van der Waals surface area contributed by atoms with Gasteiger partial charge in [0.2, 0.25) is 0 Å². The van der Waals surface area contributed by atoms with Crippen LogP contribution in [-0.4, -0.2) is 33.7 Å². The highest BCUT2D eigenvalue weighted by Crippen LogP contribution is 2.10. The van der Waals surface area contributed by atoms with Crippen LogP contribution >= 0.6 is 0 Å². The fourth-order valence-corrected chi connectivity index (χ4v) is 1.87. The van der Waals surface area contributed by atoms with E-state index in [-0.39, 0.29) is 12.5 Å². The molecule has 0 bridgehead atoms. The lowest BCUT2D eigenvalue weighted by Gasteiger charge is -2.08. The molecular weight excluding hydrogens is 268 g/mol. The molecule has 3 N–H and O–H groups in total. The Bertz CT molecular complexity index is 578. The van der Waals surface area contributed by atoms with Crippen molar-refractivity contribution >= 4 is 11.6 Å². The number of anilines is 1. The topological polar surface area (TPSA) is 79.2 Å². The Hall–Kier alpha value is -2.34. The molecule has 1 aromatic heterocycles. The van der Waals surface area contributed by atoms with Crippen LogP contribution in [0.15, 0.2) is 36.7 Å². The van der Waals surface area contributed by atoms with Crippen LogP contribution in [0.3, 0.4) is 0 Å². The molecule has 0 saturated carbocycles. The number of benzene rings is 1. The summed E-state index contributed by atoms with van der Waals surface area (Å²) >= 11 is 0. The fourth-order valence-electron chi connectivity index (χ4n) is 1.87. The van der Waals surface area contributed by atoms with Gasteiger partial charge in [-0.15, -0.1) is 0 Å². The van der Waals surface area contributed by atoms with Crippen molar-refractivity contribution in [3.05, 3.63) is 48.0 Å². The summed E-state index contributed by atoms with van der Waals surface area (Å²) in [6.07, 6.45) is 4.22. The minimum absolute atomic E-state index is 0.0797. The van der Waals surface area contributed by atoms with Gasteiger partial charge in [0.25, 0.3) is 5.91 Å². The van der Waals surface area contributed by atoms with Crippen molar-refractivity contribution in [1.29, 1.82) is 0 Å². The second-order valence-corrected chi connectivity index (χ2v) is 4.72. The van der Waals surface area contributed by atoms with Gasteiger partial charge in [0.1, 0.15) is 5.82 Å². The predicted molar refractivity (Wildman–Crippen MR) is 81.0 cm³/mol. The molecule has 2 aromatic rings. The molecule has 0 aliphatic heterocycles. The minimum atomic E-state index is -0.126. The minimum Gasteiger partial charge on any atom is -0.396 e. The quantitative estimate of drug-likeness (QED) is 0.668. The number of aliphatic hydroxyl groups excluding tert-OH is 1. The largest absolute Gasteiger partial charge is 0.396 e. The highest BCUT2D eigenvalue weighted by atomic mass is 16.3. The van der Waals surface area contributed by atoms with Gasteiger partial charge < -0.3 is 20.3 Å². The number of aromatic nitrogens is 2. The summed E-state index contributed by atoms with van der Waals surface area (Å²) < 4.78 is 1.95. The maximum Gasteiger partial charge on any atom is 0.251 e. The summed E-state index contributed by atoms with van der Waals surface area (Å²) in [7, 11) is 1.95. The van der Waals surface area contributed by atoms with Gasteiger partial charge >= 0.3 is 0 Å². The van der Waals surface area contributed by atoms with Crippen molar-refractivity contribution in [3.63, 3.8) is 0 Å². The Morgan fingerprint density at radius 2 is 2.10 bits per heavy atom. The standard InChI is InChI=1S/C15H20N4O2/c1-19-9-8-16-14(19)11-18-13-5-3-12(4-6-13)15(21)17-7-2-10-20/h3-6,8-9,18,20H,2,7,10-11H2,1H3,(H,17,21). The number of nitrogens with one attached hydrogen (secondary N) is 2. The van der Waals surface area contributed by atoms with Crippen molar-refractivity contribution in [2.24, 2.45) is 7.05 Å². The molecule has 21 heavy (non-hydrogen) atoms. The maximum absolute atomic E-state index is 11.8. The Balaban J connectivity index is 1.87. The lowest BCUT2D eigenvalue weighted by Crippen LogP contribution is -2.24. The predicted octanol–water partition coefficient (Wildman–Crippen LogP) is 1.14. The van der Waals surface area contributed by atoms with Crippen molar-refractivity contribution in [2.45, 2.75) is 13.0 Å². The van der Waals surface area contributed by atoms with Gasteiger partial charge in [-0.25, -0.2) is 4.98 Å². The number of carbonyl (C=O) groups is 1. The van der Waals surface area contributed by atoms with Crippen LogP contribution in [0.4, 0.5) is 5.69 Å². The second-order valence-electron chi connectivity index (χ2n) is 4.72. The van der Waals surface area contributed by atoms with Gasteiger partial charge in [0, 0.05) is 43.8 Å². The van der Waals surface area contributed by atoms with Gasteiger partial charge in [-0.3, -0.25) is 4.79 Å². The van der Waals surface area contributed by atoms with Crippen LogP contribution in [0.1, 0.15) is 22.6 Å². The summed E-state index contributed by atoms with van der Waals surface area (Å²) in [5.41, 5.74) is 1.54. The van der Waals surface area contributed by atoms with E-state index in [1.54, 1.807) is 18.3 Å². The van der Waals surface area contributed by atoms with Crippen LogP contribution < -0.4 is 10.6 Å². The van der Waals surface area contributed by atoms with Crippen LogP contribution in [0.5, 0.6) is 0 Å². The van der Waals surface area contributed by atoms with Gasteiger partial charge in [-0.05, 0) is 30.7 Å². The molecular formula is C15H20N4O2. The monoisotopic (exact) mass is 288 g/mol. The lowest BCUT2D eigenvalue weighted by atomic mass is 10.2. The van der Waals surface area contributed by atoms with Gasteiger partial charge in [-0.2, -0.15) is 0 Å². The summed E-state index contributed by atoms with van der Waals surface area (Å²) in [4.78, 5) is 16.0. The molecule has 0 aliphatic rings. The molecule has 2 rings (SSSR count). The van der Waals surface area contributed by atoms with E-state index in [9.17, 15) is 4.79 Å². The number of rotatable bonds is 7. The van der Waals surface area contributed by atoms with Gasteiger partial charge in [0.05, 0.1) is 6.54 Å². The Kier molecular flexibility index (Phi) is 5.34. The van der Waals surface area contributed by atoms with E-state index < -0.39 is 0 Å². The average Bonchev–Trinajstić information content (AvgIpc) is 2.91. The molecule has 112 valence electrons. The molecule has 0 aliphatic carbocycles. The number of hydrogen-bond donors (Lipinski definition) is 3. The molecule has 0 radical (unpaired) electrons. The molecule has 0 unspecified atom stereocenters. The lowest BCUT2D eigenvalue weighted by molar-refractivity contribution is 0.0951. The zero-order valence-electron chi connectivity index (χ0n) is 12.0. The zero-order valence-corrected chi connectivity index (χ0v) is 12.0. The Morgan fingerprint density at radius 1 is 1.33 bits per heavy atom. The summed E-state index contributed by atoms with van der Waals surface area (Å²) in [6, 6.07) is 7.28. The fraction of sp³-hybridized carbons (Fsp3) is 0.333. The number of aliphatic hydroxyl groups is 1. The van der Waals surface area contributed by atoms with Crippen LogP contribution in [-0.2, 0) is 13.6 Å². The van der Waals surface area contributed by atoms with Crippen LogP contribution in [0, 0.1) is 0 Å². The molecule has 0 saturated heterocycles. The number of carbonyl (C=O) groups excluding carboxylic acids is 1. The molecule has 1 heterocycles. The maximum atomic E-state index is 11.8. The number of amides is 1. The van der Waals surface area contributed by atoms with E-state index in [4.69, 9.17) is 5.11 Å². The summed E-state index contributed by atoms with van der Waals surface area (Å²) in [6.45, 7) is 1.19. The van der Waals surface area contributed by atoms with E-state index >= 15 is 0 Å². The molecule has 1 aromatic carbocycles. The molecule has 0 fully saturated rings. The van der Waals surface area contributed by atoms with Gasteiger partial charge in [-0.1, -0.05) is 0 Å². The van der Waals surface area contributed by atoms with Crippen LogP contribution in [0.25, 0.3) is 0 Å². The highest BCUT2D eigenvalue weighted by molar-refractivity contribution is 5.94.